The van der Waals surface area contributed by atoms with Gasteiger partial charge in [-0.3, -0.25) is 0 Å². The van der Waals surface area contributed by atoms with E-state index in [9.17, 15) is 0 Å². The molecule has 2 aromatic rings. The van der Waals surface area contributed by atoms with E-state index in [-0.39, 0.29) is 10.8 Å². The van der Waals surface area contributed by atoms with Crippen molar-refractivity contribution < 1.29 is 0 Å². The lowest BCUT2D eigenvalue weighted by molar-refractivity contribution is 0.503. The Morgan fingerprint density at radius 3 is 2.21 bits per heavy atom. The number of hydrogen-bond acceptors (Lipinski definition) is 0. The Hall–Kier alpha value is -1.27. The number of rotatable bonds is 3. The third-order valence-electron chi connectivity index (χ3n) is 3.86. The summed E-state index contributed by atoms with van der Waals surface area (Å²) in [5, 5.41) is -0.0326. The summed E-state index contributed by atoms with van der Waals surface area (Å²) in [4.78, 5) is 0. The molecule has 0 radical (unpaired) electrons. The lowest BCUT2D eigenvalue weighted by Crippen LogP contribution is -2.24. The highest BCUT2D eigenvalue weighted by Gasteiger charge is 2.31. The molecule has 2 rings (SSSR count). The first-order valence-corrected chi connectivity index (χ1v) is 7.13. The van der Waals surface area contributed by atoms with Crippen molar-refractivity contribution in [2.45, 2.75) is 38.5 Å². The molecule has 0 nitrogen and oxygen atoms in total. The second-order valence-electron chi connectivity index (χ2n) is 5.81. The largest absolute Gasteiger partial charge is 0.117 e. The van der Waals surface area contributed by atoms with Gasteiger partial charge in [0.2, 0.25) is 0 Å². The number of benzene rings is 2. The van der Waals surface area contributed by atoms with Crippen molar-refractivity contribution in [2.24, 2.45) is 0 Å². The molecule has 0 amide bonds. The molecule has 0 bridgehead atoms. The van der Waals surface area contributed by atoms with E-state index in [1.807, 2.05) is 6.07 Å². The van der Waals surface area contributed by atoms with Gasteiger partial charge >= 0.3 is 0 Å². The third kappa shape index (κ3) is 2.84. The topological polar surface area (TPSA) is 0 Å². The van der Waals surface area contributed by atoms with Crippen LogP contribution < -0.4 is 0 Å². The lowest BCUT2D eigenvalue weighted by Gasteiger charge is -2.32. The number of halogens is 1. The van der Waals surface area contributed by atoms with Crippen molar-refractivity contribution in [2.75, 3.05) is 0 Å². The fourth-order valence-electron chi connectivity index (χ4n) is 2.44. The zero-order valence-electron chi connectivity index (χ0n) is 12.1. The van der Waals surface area contributed by atoms with Crippen molar-refractivity contribution in [3.8, 4) is 0 Å². The molecule has 19 heavy (non-hydrogen) atoms. The van der Waals surface area contributed by atoms with Gasteiger partial charge in [0.1, 0.15) is 0 Å². The summed E-state index contributed by atoms with van der Waals surface area (Å²) in [6.45, 7) is 8.66. The van der Waals surface area contributed by atoms with E-state index >= 15 is 0 Å². The van der Waals surface area contributed by atoms with Crippen molar-refractivity contribution in [3.05, 3.63) is 70.8 Å². The number of hydrogen-bond donors (Lipinski definition) is 0. The first-order valence-electron chi connectivity index (χ1n) is 6.69. The van der Waals surface area contributed by atoms with Crippen LogP contribution in [0.4, 0.5) is 0 Å². The van der Waals surface area contributed by atoms with E-state index in [1.54, 1.807) is 0 Å². The maximum atomic E-state index is 6.81. The quantitative estimate of drug-likeness (QED) is 0.642. The normalized spacial score (nSPS) is 13.3. The van der Waals surface area contributed by atoms with Gasteiger partial charge in [0.25, 0.3) is 0 Å². The van der Waals surface area contributed by atoms with Gasteiger partial charge in [-0.2, -0.15) is 0 Å². The van der Waals surface area contributed by atoms with Crippen molar-refractivity contribution in [1.82, 2.24) is 0 Å². The van der Waals surface area contributed by atoms with Gasteiger partial charge in [0.05, 0.1) is 5.38 Å². The summed E-state index contributed by atoms with van der Waals surface area (Å²) >= 11 is 6.81. The van der Waals surface area contributed by atoms with Crippen molar-refractivity contribution in [3.63, 3.8) is 0 Å². The Kier molecular flexibility index (Phi) is 4.01. The molecule has 1 heteroatoms. The molecule has 2 aromatic carbocycles. The average Bonchev–Trinajstić information content (AvgIpc) is 2.41. The standard InChI is InChI=1S/C18H21Cl/c1-13-10-11-14(2)16(12-13)17(19)18(3,4)15-8-6-5-7-9-15/h5-12,17H,1-4H3. The summed E-state index contributed by atoms with van der Waals surface area (Å²) < 4.78 is 0. The Balaban J connectivity index is 2.43. The zero-order chi connectivity index (χ0) is 14.0. The molecule has 0 saturated carbocycles. The van der Waals surface area contributed by atoms with Crippen LogP contribution in [-0.4, -0.2) is 0 Å². The average molecular weight is 273 g/mol. The summed E-state index contributed by atoms with van der Waals surface area (Å²) in [5.41, 5.74) is 4.93. The van der Waals surface area contributed by atoms with Crippen LogP contribution in [-0.2, 0) is 5.41 Å². The highest BCUT2D eigenvalue weighted by molar-refractivity contribution is 6.21. The molecule has 1 atom stereocenters. The molecule has 0 fully saturated rings. The number of aryl methyl sites for hydroxylation is 2. The summed E-state index contributed by atoms with van der Waals surface area (Å²) in [6, 6.07) is 17.0. The predicted octanol–water partition coefficient (Wildman–Crippen LogP) is 5.56. The molecule has 0 spiro atoms. The minimum atomic E-state index is -0.0959. The predicted molar refractivity (Wildman–Crippen MR) is 84.0 cm³/mol. The van der Waals surface area contributed by atoms with E-state index in [4.69, 9.17) is 11.6 Å². The third-order valence-corrected chi connectivity index (χ3v) is 4.64. The van der Waals surface area contributed by atoms with Gasteiger partial charge in [-0.1, -0.05) is 67.9 Å². The first-order chi connectivity index (χ1) is 8.93. The Morgan fingerprint density at radius 2 is 1.58 bits per heavy atom. The summed E-state index contributed by atoms with van der Waals surface area (Å²) in [6.07, 6.45) is 0. The fourth-order valence-corrected chi connectivity index (χ4v) is 2.80. The van der Waals surface area contributed by atoms with Crippen LogP contribution in [0.3, 0.4) is 0 Å². The Morgan fingerprint density at radius 1 is 0.947 bits per heavy atom. The highest BCUT2D eigenvalue weighted by atomic mass is 35.5. The second-order valence-corrected chi connectivity index (χ2v) is 6.25. The van der Waals surface area contributed by atoms with Crippen LogP contribution in [0.25, 0.3) is 0 Å². The monoisotopic (exact) mass is 272 g/mol. The van der Waals surface area contributed by atoms with Gasteiger partial charge in [0.15, 0.2) is 0 Å². The highest BCUT2D eigenvalue weighted by Crippen LogP contribution is 2.42. The maximum Gasteiger partial charge on any atom is 0.0679 e. The molecule has 1 unspecified atom stereocenters. The Labute approximate surface area is 121 Å². The van der Waals surface area contributed by atoms with Crippen molar-refractivity contribution in [1.29, 1.82) is 0 Å². The minimum Gasteiger partial charge on any atom is -0.117 e. The van der Waals surface area contributed by atoms with Crippen LogP contribution in [0.5, 0.6) is 0 Å². The number of alkyl halides is 1. The zero-order valence-corrected chi connectivity index (χ0v) is 12.8. The molecular formula is C18H21Cl. The van der Waals surface area contributed by atoms with Crippen molar-refractivity contribution >= 4 is 11.6 Å². The van der Waals surface area contributed by atoms with Gasteiger partial charge in [-0.15, -0.1) is 11.6 Å². The molecule has 0 aliphatic carbocycles. The SMILES string of the molecule is Cc1ccc(C)c(C(Cl)C(C)(C)c2ccccc2)c1. The summed E-state index contributed by atoms with van der Waals surface area (Å²) in [5.74, 6) is 0. The molecule has 0 aromatic heterocycles. The molecular weight excluding hydrogens is 252 g/mol. The van der Waals surface area contributed by atoms with Gasteiger partial charge in [-0.05, 0) is 30.5 Å². The van der Waals surface area contributed by atoms with E-state index in [0.29, 0.717) is 0 Å². The summed E-state index contributed by atoms with van der Waals surface area (Å²) in [7, 11) is 0. The van der Waals surface area contributed by atoms with Gasteiger partial charge < -0.3 is 0 Å². The maximum absolute atomic E-state index is 6.81. The van der Waals surface area contributed by atoms with E-state index < -0.39 is 0 Å². The second kappa shape index (κ2) is 5.38. The molecule has 0 aliphatic heterocycles. The first kappa shape index (κ1) is 14.1. The van der Waals surface area contributed by atoms with Gasteiger partial charge in [-0.25, -0.2) is 0 Å². The van der Waals surface area contributed by atoms with Crippen LogP contribution >= 0.6 is 11.6 Å². The van der Waals surface area contributed by atoms with E-state index in [1.165, 1.54) is 22.3 Å². The molecule has 0 heterocycles. The molecule has 100 valence electrons. The van der Waals surface area contributed by atoms with E-state index in [0.717, 1.165) is 0 Å². The fraction of sp³-hybridized carbons (Fsp3) is 0.333. The molecule has 0 N–H and O–H groups in total. The lowest BCUT2D eigenvalue weighted by atomic mass is 9.77. The molecule has 0 aliphatic rings. The molecule has 0 saturated heterocycles. The van der Waals surface area contributed by atoms with Crippen LogP contribution in [0.15, 0.2) is 48.5 Å². The van der Waals surface area contributed by atoms with Crippen LogP contribution in [0.1, 0.15) is 41.5 Å². The van der Waals surface area contributed by atoms with Crippen LogP contribution in [0.2, 0.25) is 0 Å². The minimum absolute atomic E-state index is 0.0326. The Bertz CT molecular complexity index is 555. The van der Waals surface area contributed by atoms with Gasteiger partial charge in [0, 0.05) is 5.41 Å². The smallest absolute Gasteiger partial charge is 0.0679 e. The van der Waals surface area contributed by atoms with E-state index in [2.05, 4.69) is 70.2 Å². The van der Waals surface area contributed by atoms with Crippen LogP contribution in [0, 0.1) is 13.8 Å².